The molecule has 252 valence electrons. The van der Waals surface area contributed by atoms with E-state index in [1.54, 1.807) is 18.2 Å². The first kappa shape index (κ1) is 37.5. The number of nitriles is 1. The summed E-state index contributed by atoms with van der Waals surface area (Å²) in [5.74, 6) is -0.161. The van der Waals surface area contributed by atoms with Crippen LogP contribution in [-0.2, 0) is 27.7 Å². The fraction of sp³-hybridized carbons (Fsp3) is 0.548. The maximum absolute atomic E-state index is 15.0. The van der Waals surface area contributed by atoms with Gasteiger partial charge in [-0.1, -0.05) is 45.9 Å². The highest BCUT2D eigenvalue weighted by molar-refractivity contribution is 7.62. The van der Waals surface area contributed by atoms with Gasteiger partial charge in [-0.25, -0.2) is 9.46 Å². The van der Waals surface area contributed by atoms with Gasteiger partial charge in [0.25, 0.3) is 11.5 Å². The second-order valence-electron chi connectivity index (χ2n) is 11.5. The van der Waals surface area contributed by atoms with Crippen LogP contribution in [0.2, 0.25) is 0 Å². The van der Waals surface area contributed by atoms with E-state index in [0.29, 0.717) is 11.0 Å². The molecular weight excluding hydrogens is 634 g/mol. The van der Waals surface area contributed by atoms with Gasteiger partial charge >= 0.3 is 13.3 Å². The molecule has 15 heteroatoms. The number of carbonyl (C=O) groups excluding carboxylic acids is 1. The second kappa shape index (κ2) is 16.2. The SMILES string of the molecule is COCC[C@@H]1[C@H](N(CCC#N)P(=O)(C(C)C)C(C)C)[C@@H](/C=C/P(=O)(OC)OC)O[C@H]1n1ccc(=O)n(C(=O)c2ccccc2)c1=O. The smallest absolute Gasteiger partial charge is 0.353 e. The van der Waals surface area contributed by atoms with Crippen LogP contribution in [0.15, 0.2) is 64.1 Å². The fourth-order valence-electron chi connectivity index (χ4n) is 5.98. The number of aromatic nitrogens is 2. The third-order valence-electron chi connectivity index (χ3n) is 8.25. The predicted molar refractivity (Wildman–Crippen MR) is 174 cm³/mol. The van der Waals surface area contributed by atoms with E-state index in [9.17, 15) is 28.8 Å². The lowest BCUT2D eigenvalue weighted by molar-refractivity contribution is -0.00440. The van der Waals surface area contributed by atoms with Gasteiger partial charge < -0.3 is 23.1 Å². The van der Waals surface area contributed by atoms with Gasteiger partial charge in [-0.3, -0.25) is 18.7 Å². The second-order valence-corrected chi connectivity index (χ2v) is 17.5. The number of ether oxygens (including phenoxy) is 2. The van der Waals surface area contributed by atoms with Crippen molar-refractivity contribution in [2.75, 3.05) is 34.5 Å². The lowest BCUT2D eigenvalue weighted by atomic mass is 9.93. The van der Waals surface area contributed by atoms with Crippen LogP contribution >= 0.6 is 14.9 Å². The first-order valence-corrected chi connectivity index (χ1v) is 18.4. The van der Waals surface area contributed by atoms with Crippen molar-refractivity contribution in [3.63, 3.8) is 0 Å². The minimum atomic E-state index is -3.68. The first-order chi connectivity index (χ1) is 21.8. The van der Waals surface area contributed by atoms with Crippen molar-refractivity contribution in [2.24, 2.45) is 5.92 Å². The molecule has 46 heavy (non-hydrogen) atoms. The fourth-order valence-corrected chi connectivity index (χ4v) is 10.3. The molecule has 0 radical (unpaired) electrons. The Labute approximate surface area is 269 Å². The zero-order chi connectivity index (χ0) is 34.2. The van der Waals surface area contributed by atoms with Crippen LogP contribution in [0.25, 0.3) is 0 Å². The number of carbonyl (C=O) groups is 1. The van der Waals surface area contributed by atoms with E-state index in [2.05, 4.69) is 6.07 Å². The normalized spacial score (nSPS) is 20.6. The first-order valence-electron chi connectivity index (χ1n) is 15.0. The van der Waals surface area contributed by atoms with Gasteiger partial charge in [-0.05, 0) is 24.6 Å². The summed E-state index contributed by atoms with van der Waals surface area (Å²) in [6.07, 6.45) is 1.11. The number of nitrogens with zero attached hydrogens (tertiary/aromatic N) is 4. The molecule has 1 fully saturated rings. The number of rotatable bonds is 15. The molecule has 0 amide bonds. The third kappa shape index (κ3) is 7.77. The Hall–Kier alpha value is -2.94. The van der Waals surface area contributed by atoms with Gasteiger partial charge in [0.05, 0.1) is 18.2 Å². The highest BCUT2D eigenvalue weighted by Crippen LogP contribution is 2.62. The van der Waals surface area contributed by atoms with E-state index in [1.165, 1.54) is 56.1 Å². The molecule has 0 aliphatic carbocycles. The summed E-state index contributed by atoms with van der Waals surface area (Å²) in [6.45, 7) is 7.81. The summed E-state index contributed by atoms with van der Waals surface area (Å²) in [7, 11) is -2.92. The summed E-state index contributed by atoms with van der Waals surface area (Å²) >= 11 is 0. The molecule has 3 rings (SSSR count). The number of hydrogen-bond donors (Lipinski definition) is 0. The molecule has 2 heterocycles. The summed E-state index contributed by atoms with van der Waals surface area (Å²) in [4.78, 5) is 40.2. The maximum atomic E-state index is 15.0. The quantitative estimate of drug-likeness (QED) is 0.235. The van der Waals surface area contributed by atoms with Crippen molar-refractivity contribution >= 4 is 20.8 Å². The topological polar surface area (TPSA) is 159 Å². The van der Waals surface area contributed by atoms with Crippen molar-refractivity contribution in [1.29, 1.82) is 5.26 Å². The van der Waals surface area contributed by atoms with Gasteiger partial charge in [-0.2, -0.15) is 9.83 Å². The molecular formula is C31H44N4O9P2. The Kier molecular flexibility index (Phi) is 13.3. The Balaban J connectivity index is 2.32. The molecule has 1 aliphatic rings. The predicted octanol–water partition coefficient (Wildman–Crippen LogP) is 4.93. The van der Waals surface area contributed by atoms with Gasteiger partial charge in [0.2, 0.25) is 0 Å². The lowest BCUT2D eigenvalue weighted by Crippen LogP contribution is -2.47. The number of hydrogen-bond acceptors (Lipinski definition) is 10. The molecule has 0 spiro atoms. The van der Waals surface area contributed by atoms with E-state index in [0.717, 1.165) is 6.07 Å². The van der Waals surface area contributed by atoms with Gasteiger partial charge in [0.15, 0.2) is 7.29 Å². The standard InChI is InChI=1S/C31H44N4O9P2/c1-22(2)46(40,23(3)4)34(18-11-17-32)28-25(15-20-41-5)30(44-26(28)16-21-45(39,42-6)43-7)33-19-14-27(36)35(31(33)38)29(37)24-12-9-8-10-13-24/h8-10,12-14,16,19,21-23,25-26,28,30H,11,15,18,20H2,1-7H3/b21-16+/t25-,26-,28+,30-/m1/s1. The zero-order valence-electron chi connectivity index (χ0n) is 27.3. The Morgan fingerprint density at radius 1 is 1.07 bits per heavy atom. The summed E-state index contributed by atoms with van der Waals surface area (Å²) in [5, 5.41) is 9.61. The van der Waals surface area contributed by atoms with Crippen LogP contribution in [0.5, 0.6) is 0 Å². The Morgan fingerprint density at radius 3 is 2.24 bits per heavy atom. The lowest BCUT2D eigenvalue weighted by Gasteiger charge is -2.43. The van der Waals surface area contributed by atoms with Crippen LogP contribution in [0.1, 0.15) is 57.1 Å². The maximum Gasteiger partial charge on any atom is 0.353 e. The largest absolute Gasteiger partial charge is 0.385 e. The molecule has 1 aromatic heterocycles. The van der Waals surface area contributed by atoms with E-state index >= 15 is 0 Å². The van der Waals surface area contributed by atoms with E-state index in [1.807, 2.05) is 32.4 Å². The van der Waals surface area contributed by atoms with Crippen molar-refractivity contribution in [3.05, 3.63) is 80.9 Å². The number of benzene rings is 1. The van der Waals surface area contributed by atoms with Crippen LogP contribution in [0, 0.1) is 17.2 Å². The van der Waals surface area contributed by atoms with Crippen LogP contribution < -0.4 is 11.2 Å². The van der Waals surface area contributed by atoms with Gasteiger partial charge in [-0.15, -0.1) is 0 Å². The average molecular weight is 679 g/mol. The van der Waals surface area contributed by atoms with Crippen molar-refractivity contribution < 1.29 is 32.4 Å². The molecule has 4 atom stereocenters. The molecule has 1 aromatic carbocycles. The highest BCUT2D eigenvalue weighted by atomic mass is 31.2. The van der Waals surface area contributed by atoms with Crippen LogP contribution in [-0.4, -0.2) is 77.7 Å². The Bertz CT molecular complexity index is 1610. The van der Waals surface area contributed by atoms with E-state index < -0.39 is 56.3 Å². The minimum Gasteiger partial charge on any atom is -0.385 e. The van der Waals surface area contributed by atoms with E-state index in [4.69, 9.17) is 18.5 Å². The summed E-state index contributed by atoms with van der Waals surface area (Å²) in [5.41, 5.74) is -2.20. The molecule has 2 aromatic rings. The van der Waals surface area contributed by atoms with Crippen LogP contribution in [0.3, 0.4) is 0 Å². The monoisotopic (exact) mass is 678 g/mol. The zero-order valence-corrected chi connectivity index (χ0v) is 29.1. The number of methoxy groups -OCH3 is 1. The Morgan fingerprint density at radius 2 is 1.70 bits per heavy atom. The molecule has 0 N–H and O–H groups in total. The molecule has 1 aliphatic heterocycles. The highest BCUT2D eigenvalue weighted by Gasteiger charge is 2.53. The molecule has 13 nitrogen and oxygen atoms in total. The molecule has 1 saturated heterocycles. The molecule has 0 saturated carbocycles. The van der Waals surface area contributed by atoms with Crippen molar-refractivity contribution in [3.8, 4) is 6.07 Å². The molecule has 0 bridgehead atoms. The summed E-state index contributed by atoms with van der Waals surface area (Å²) < 4.78 is 53.8. The minimum absolute atomic E-state index is 0.0586. The molecule has 0 unspecified atom stereocenters. The van der Waals surface area contributed by atoms with E-state index in [-0.39, 0.29) is 36.5 Å². The summed E-state index contributed by atoms with van der Waals surface area (Å²) in [6, 6.07) is 10.5. The third-order valence-corrected chi connectivity index (χ3v) is 14.0. The van der Waals surface area contributed by atoms with Crippen LogP contribution in [0.4, 0.5) is 0 Å². The van der Waals surface area contributed by atoms with Crippen molar-refractivity contribution in [2.45, 2.75) is 70.2 Å². The van der Waals surface area contributed by atoms with Gasteiger partial charge in [0.1, 0.15) is 6.23 Å². The average Bonchev–Trinajstić information content (AvgIpc) is 3.40. The van der Waals surface area contributed by atoms with Crippen molar-refractivity contribution in [1.82, 2.24) is 13.8 Å². The van der Waals surface area contributed by atoms with Gasteiger partial charge in [0, 0.05) is 81.8 Å².